The number of halogens is 3. The molecule has 0 aliphatic heterocycles. The quantitative estimate of drug-likeness (QED) is 0.252. The molecular formula is C29H32Cl3N3O4S. The van der Waals surface area contributed by atoms with Crippen LogP contribution in [0.5, 0.6) is 0 Å². The summed E-state index contributed by atoms with van der Waals surface area (Å²) in [4.78, 5) is 28.7. The summed E-state index contributed by atoms with van der Waals surface area (Å²) >= 11 is 19.1. The first-order chi connectivity index (χ1) is 19.0. The normalized spacial score (nSPS) is 12.2. The summed E-state index contributed by atoms with van der Waals surface area (Å²) in [5.41, 5.74) is 0.659. The highest BCUT2D eigenvalue weighted by molar-refractivity contribution is 7.92. The molecule has 1 unspecified atom stereocenters. The van der Waals surface area contributed by atoms with E-state index < -0.39 is 28.5 Å². The Bertz CT molecular complexity index is 1440. The number of nitrogens with one attached hydrogen (secondary N) is 1. The van der Waals surface area contributed by atoms with Crippen molar-refractivity contribution in [3.05, 3.63) is 93.4 Å². The number of benzene rings is 3. The van der Waals surface area contributed by atoms with E-state index in [1.165, 1.54) is 29.2 Å². The lowest BCUT2D eigenvalue weighted by atomic mass is 10.1. The van der Waals surface area contributed by atoms with E-state index in [2.05, 4.69) is 5.32 Å². The third-order valence-corrected chi connectivity index (χ3v) is 9.13. The smallest absolute Gasteiger partial charge is 0.264 e. The number of amides is 2. The van der Waals surface area contributed by atoms with Crippen LogP contribution in [0.15, 0.2) is 77.7 Å². The Hall–Kier alpha value is -2.78. The minimum absolute atomic E-state index is 0.00534. The van der Waals surface area contributed by atoms with Crippen molar-refractivity contribution in [2.24, 2.45) is 5.92 Å². The third kappa shape index (κ3) is 7.69. The Balaban J connectivity index is 2.09. The topological polar surface area (TPSA) is 86.8 Å². The van der Waals surface area contributed by atoms with E-state index in [1.54, 1.807) is 55.5 Å². The van der Waals surface area contributed by atoms with Crippen molar-refractivity contribution < 1.29 is 18.0 Å². The zero-order chi connectivity index (χ0) is 29.4. The molecular weight excluding hydrogens is 593 g/mol. The van der Waals surface area contributed by atoms with Crippen LogP contribution in [-0.2, 0) is 26.2 Å². The fourth-order valence-electron chi connectivity index (χ4n) is 4.07. The number of sulfonamides is 1. The maximum absolute atomic E-state index is 14.1. The van der Waals surface area contributed by atoms with Gasteiger partial charge in [-0.3, -0.25) is 13.9 Å². The molecule has 40 heavy (non-hydrogen) atoms. The lowest BCUT2D eigenvalue weighted by molar-refractivity contribution is -0.140. The van der Waals surface area contributed by atoms with Crippen LogP contribution in [0.25, 0.3) is 0 Å². The van der Waals surface area contributed by atoms with Crippen LogP contribution >= 0.6 is 34.8 Å². The molecule has 0 fully saturated rings. The molecule has 0 bridgehead atoms. The molecule has 1 atom stereocenters. The van der Waals surface area contributed by atoms with E-state index in [1.807, 2.05) is 13.8 Å². The Morgan fingerprint density at radius 1 is 0.875 bits per heavy atom. The largest absolute Gasteiger partial charge is 0.354 e. The van der Waals surface area contributed by atoms with Gasteiger partial charge in [0.2, 0.25) is 11.8 Å². The van der Waals surface area contributed by atoms with Crippen molar-refractivity contribution in [1.29, 1.82) is 0 Å². The van der Waals surface area contributed by atoms with E-state index in [9.17, 15) is 18.0 Å². The van der Waals surface area contributed by atoms with Gasteiger partial charge in [0, 0.05) is 18.1 Å². The van der Waals surface area contributed by atoms with Gasteiger partial charge in [-0.1, -0.05) is 98.0 Å². The minimum atomic E-state index is -4.26. The highest BCUT2D eigenvalue weighted by Crippen LogP contribution is 2.35. The van der Waals surface area contributed by atoms with Gasteiger partial charge in [0.25, 0.3) is 10.0 Å². The van der Waals surface area contributed by atoms with Crippen LogP contribution in [0, 0.1) is 5.92 Å². The summed E-state index contributed by atoms with van der Waals surface area (Å²) < 4.78 is 28.7. The summed E-state index contributed by atoms with van der Waals surface area (Å²) in [6.07, 6.45) is 0.295. The van der Waals surface area contributed by atoms with E-state index in [0.29, 0.717) is 23.6 Å². The summed E-state index contributed by atoms with van der Waals surface area (Å²) in [6, 6.07) is 18.4. The van der Waals surface area contributed by atoms with Crippen molar-refractivity contribution in [1.82, 2.24) is 10.2 Å². The van der Waals surface area contributed by atoms with Gasteiger partial charge in [-0.25, -0.2) is 8.42 Å². The zero-order valence-electron chi connectivity index (χ0n) is 22.5. The number of carbonyl (C=O) groups excluding carboxylic acids is 2. The Morgan fingerprint density at radius 2 is 1.50 bits per heavy atom. The third-order valence-electron chi connectivity index (χ3n) is 6.18. The predicted octanol–water partition coefficient (Wildman–Crippen LogP) is 6.42. The predicted molar refractivity (Wildman–Crippen MR) is 161 cm³/mol. The van der Waals surface area contributed by atoms with Crippen LogP contribution in [0.1, 0.15) is 32.8 Å². The Kier molecular flexibility index (Phi) is 11.3. The SMILES string of the molecule is CCC(C(=O)NCC(C)C)N(Cc1ccccc1Cl)C(=O)CN(c1cccc(Cl)c1Cl)S(=O)(=O)c1ccccc1. The van der Waals surface area contributed by atoms with E-state index >= 15 is 0 Å². The van der Waals surface area contributed by atoms with Gasteiger partial charge >= 0.3 is 0 Å². The fraction of sp³-hybridized carbons (Fsp3) is 0.310. The molecule has 0 aromatic heterocycles. The molecule has 2 amide bonds. The second kappa shape index (κ2) is 14.2. The molecule has 0 aliphatic rings. The average Bonchev–Trinajstić information content (AvgIpc) is 2.93. The van der Waals surface area contributed by atoms with Crippen LogP contribution in [0.4, 0.5) is 5.69 Å². The lowest BCUT2D eigenvalue weighted by Gasteiger charge is -2.33. The van der Waals surface area contributed by atoms with Gasteiger partial charge in [0.1, 0.15) is 12.6 Å². The summed E-state index contributed by atoms with van der Waals surface area (Å²) in [7, 11) is -4.26. The number of hydrogen-bond donors (Lipinski definition) is 1. The molecule has 0 heterocycles. The number of anilines is 1. The highest BCUT2D eigenvalue weighted by atomic mass is 35.5. The summed E-state index contributed by atoms with van der Waals surface area (Å²) in [5, 5.41) is 3.43. The van der Waals surface area contributed by atoms with Crippen LogP contribution < -0.4 is 9.62 Å². The molecule has 3 aromatic carbocycles. The van der Waals surface area contributed by atoms with Gasteiger partial charge in [0.05, 0.1) is 20.6 Å². The average molecular weight is 625 g/mol. The van der Waals surface area contributed by atoms with Crippen molar-refractivity contribution in [2.45, 2.75) is 44.7 Å². The van der Waals surface area contributed by atoms with Crippen molar-refractivity contribution >= 4 is 62.3 Å². The summed E-state index contributed by atoms with van der Waals surface area (Å²) in [6.45, 7) is 5.52. The lowest BCUT2D eigenvalue weighted by Crippen LogP contribution is -2.52. The Labute approximate surface area is 251 Å². The van der Waals surface area contributed by atoms with E-state index in [0.717, 1.165) is 4.31 Å². The van der Waals surface area contributed by atoms with Crippen LogP contribution in [0.3, 0.4) is 0 Å². The van der Waals surface area contributed by atoms with Crippen LogP contribution in [-0.4, -0.2) is 44.3 Å². The Morgan fingerprint density at radius 3 is 2.12 bits per heavy atom. The second-order valence-corrected chi connectivity index (χ2v) is 12.6. The number of hydrogen-bond acceptors (Lipinski definition) is 4. The minimum Gasteiger partial charge on any atom is -0.354 e. The number of carbonyl (C=O) groups is 2. The van der Waals surface area contributed by atoms with Gasteiger partial charge in [-0.05, 0) is 48.2 Å². The number of nitrogens with zero attached hydrogens (tertiary/aromatic N) is 2. The molecule has 0 saturated heterocycles. The maximum atomic E-state index is 14.1. The first kappa shape index (κ1) is 31.7. The standard InChI is InChI=1S/C29H32Cl3N3O4S/c1-4-25(29(37)33-17-20(2)3)34(18-21-11-8-9-14-23(21)30)27(36)19-35(26-16-10-15-24(31)28(26)32)40(38,39)22-12-6-5-7-13-22/h5-16,20,25H,4,17-19H2,1-3H3,(H,33,37). The monoisotopic (exact) mass is 623 g/mol. The molecule has 0 aliphatic carbocycles. The van der Waals surface area contributed by atoms with Gasteiger partial charge in [0.15, 0.2) is 0 Å². The second-order valence-electron chi connectivity index (χ2n) is 9.57. The summed E-state index contributed by atoms with van der Waals surface area (Å²) in [5.74, 6) is -0.748. The highest BCUT2D eigenvalue weighted by Gasteiger charge is 2.34. The molecule has 0 radical (unpaired) electrons. The molecule has 3 aromatic rings. The fourth-order valence-corrected chi connectivity index (χ4v) is 6.16. The maximum Gasteiger partial charge on any atom is 0.264 e. The molecule has 7 nitrogen and oxygen atoms in total. The van der Waals surface area contributed by atoms with E-state index in [-0.39, 0.29) is 39.0 Å². The molecule has 214 valence electrons. The zero-order valence-corrected chi connectivity index (χ0v) is 25.6. The van der Waals surface area contributed by atoms with Crippen molar-refractivity contribution in [3.63, 3.8) is 0 Å². The van der Waals surface area contributed by atoms with Crippen molar-refractivity contribution in [3.8, 4) is 0 Å². The molecule has 0 saturated carbocycles. The first-order valence-electron chi connectivity index (χ1n) is 12.8. The molecule has 1 N–H and O–H groups in total. The molecule has 11 heteroatoms. The van der Waals surface area contributed by atoms with Gasteiger partial charge in [-0.15, -0.1) is 0 Å². The van der Waals surface area contributed by atoms with Crippen LogP contribution in [0.2, 0.25) is 15.1 Å². The first-order valence-corrected chi connectivity index (χ1v) is 15.4. The molecule has 3 rings (SSSR count). The van der Waals surface area contributed by atoms with E-state index in [4.69, 9.17) is 34.8 Å². The van der Waals surface area contributed by atoms with Gasteiger partial charge in [-0.2, -0.15) is 0 Å². The van der Waals surface area contributed by atoms with Crippen molar-refractivity contribution in [2.75, 3.05) is 17.4 Å². The molecule has 0 spiro atoms. The number of rotatable bonds is 12. The van der Waals surface area contributed by atoms with Gasteiger partial charge < -0.3 is 10.2 Å².